The third-order valence-electron chi connectivity index (χ3n) is 9.44. The van der Waals surface area contributed by atoms with Crippen LogP contribution in [0.15, 0.2) is 85.0 Å². The van der Waals surface area contributed by atoms with E-state index in [9.17, 15) is 9.59 Å². The summed E-state index contributed by atoms with van der Waals surface area (Å²) in [5.41, 5.74) is 1.71. The molecule has 260 valence electrons. The van der Waals surface area contributed by atoms with E-state index in [4.69, 9.17) is 28.4 Å². The fourth-order valence-corrected chi connectivity index (χ4v) is 6.85. The van der Waals surface area contributed by atoms with Crippen LogP contribution in [0.25, 0.3) is 0 Å². The van der Waals surface area contributed by atoms with Crippen LogP contribution in [-0.2, 0) is 39.6 Å². The van der Waals surface area contributed by atoms with Crippen molar-refractivity contribution in [3.8, 4) is 0 Å². The highest BCUT2D eigenvalue weighted by atomic mass is 16.7. The highest BCUT2D eigenvalue weighted by Crippen LogP contribution is 2.41. The Morgan fingerprint density at radius 3 is 2.27 bits per heavy atom. The van der Waals surface area contributed by atoms with Gasteiger partial charge in [0.1, 0.15) is 6.10 Å². The predicted molar refractivity (Wildman–Crippen MR) is 183 cm³/mol. The highest BCUT2D eigenvalue weighted by molar-refractivity contribution is 5.89. The third-order valence-corrected chi connectivity index (χ3v) is 9.44. The Morgan fingerprint density at radius 1 is 0.875 bits per heavy atom. The summed E-state index contributed by atoms with van der Waals surface area (Å²) in [4.78, 5) is 25.0. The molecule has 2 heterocycles. The van der Waals surface area contributed by atoms with Crippen molar-refractivity contribution in [1.82, 2.24) is 0 Å². The minimum absolute atomic E-state index is 0.0421. The minimum Gasteiger partial charge on any atom is -0.469 e. The molecule has 5 rings (SSSR count). The number of unbranched alkanes of at least 4 members (excludes halogenated alkanes) is 1. The normalized spacial score (nSPS) is 26.9. The molecule has 2 aromatic rings. The molecule has 1 aliphatic carbocycles. The van der Waals surface area contributed by atoms with Crippen molar-refractivity contribution in [2.75, 3.05) is 20.3 Å². The highest BCUT2D eigenvalue weighted by Gasteiger charge is 2.45. The van der Waals surface area contributed by atoms with Gasteiger partial charge < -0.3 is 28.4 Å². The number of carbonyl (C=O) groups is 2. The molecule has 0 N–H and O–H groups in total. The molecule has 3 fully saturated rings. The molecular weight excluding hydrogens is 608 g/mol. The van der Waals surface area contributed by atoms with Gasteiger partial charge in [0, 0.05) is 38.4 Å². The van der Waals surface area contributed by atoms with Crippen LogP contribution in [0.4, 0.5) is 0 Å². The second kappa shape index (κ2) is 19.6. The Bertz CT molecular complexity index is 1280. The summed E-state index contributed by atoms with van der Waals surface area (Å²) >= 11 is 0. The van der Waals surface area contributed by atoms with Gasteiger partial charge in [-0.2, -0.15) is 0 Å². The van der Waals surface area contributed by atoms with Crippen molar-refractivity contribution in [3.63, 3.8) is 0 Å². The van der Waals surface area contributed by atoms with Crippen LogP contribution in [-0.4, -0.2) is 63.2 Å². The first kappa shape index (κ1) is 36.0. The first-order valence-electron chi connectivity index (χ1n) is 17.8. The molecular formula is C40H52O8. The van der Waals surface area contributed by atoms with Crippen molar-refractivity contribution in [1.29, 1.82) is 0 Å². The SMILES string of the molecule is COC(=O)CCCC=CC[C@@H]1[C@@H](C=C[C@H](Cc2ccccc2)OC2CCCCO2)[C@H](OC(=O)c2ccccc2)C[C@@H]1OC1CCCCO1. The molecule has 8 nitrogen and oxygen atoms in total. The lowest BCUT2D eigenvalue weighted by molar-refractivity contribution is -0.195. The topological polar surface area (TPSA) is 89.5 Å². The molecule has 8 heteroatoms. The second-order valence-corrected chi connectivity index (χ2v) is 13.0. The van der Waals surface area contributed by atoms with Gasteiger partial charge in [-0.05, 0) is 81.4 Å². The van der Waals surface area contributed by atoms with Crippen molar-refractivity contribution in [3.05, 3.63) is 96.1 Å². The van der Waals surface area contributed by atoms with Gasteiger partial charge in [-0.25, -0.2) is 4.79 Å². The fraction of sp³-hybridized carbons (Fsp3) is 0.550. The molecule has 1 saturated carbocycles. The Morgan fingerprint density at radius 2 is 1.58 bits per heavy atom. The van der Waals surface area contributed by atoms with E-state index in [0.29, 0.717) is 38.0 Å². The Labute approximate surface area is 285 Å². The number of esters is 2. The van der Waals surface area contributed by atoms with E-state index in [2.05, 4.69) is 36.4 Å². The number of benzene rings is 2. The Balaban J connectivity index is 1.39. The molecule has 2 saturated heterocycles. The fourth-order valence-electron chi connectivity index (χ4n) is 6.85. The molecule has 0 bridgehead atoms. The van der Waals surface area contributed by atoms with Crippen LogP contribution in [0.2, 0.25) is 0 Å². The van der Waals surface area contributed by atoms with Gasteiger partial charge >= 0.3 is 11.9 Å². The van der Waals surface area contributed by atoms with Crippen molar-refractivity contribution in [2.24, 2.45) is 11.8 Å². The van der Waals surface area contributed by atoms with Gasteiger partial charge in [0.2, 0.25) is 0 Å². The van der Waals surface area contributed by atoms with Gasteiger partial charge in [-0.1, -0.05) is 72.8 Å². The van der Waals surface area contributed by atoms with E-state index in [1.165, 1.54) is 12.7 Å². The number of allylic oxidation sites excluding steroid dienone is 2. The quantitative estimate of drug-likeness (QED) is 0.103. The van der Waals surface area contributed by atoms with Gasteiger partial charge in [-0.15, -0.1) is 0 Å². The number of hydrogen-bond donors (Lipinski definition) is 0. The van der Waals surface area contributed by atoms with E-state index < -0.39 is 0 Å². The zero-order chi connectivity index (χ0) is 33.4. The summed E-state index contributed by atoms with van der Waals surface area (Å²) in [6, 6.07) is 19.5. The van der Waals surface area contributed by atoms with Gasteiger partial charge in [0.05, 0.1) is 24.9 Å². The van der Waals surface area contributed by atoms with Crippen LogP contribution >= 0.6 is 0 Å². The summed E-state index contributed by atoms with van der Waals surface area (Å²) in [7, 11) is 1.42. The standard InChI is InChI=1S/C40H52O8/c1-43-37(41)21-11-3-2-10-20-33-34(25-24-32(28-30-16-6-4-7-17-30)46-38-22-12-14-26-44-38)36(48-40(42)31-18-8-5-9-19-31)29-35(33)47-39-23-13-15-27-45-39/h2,4-10,16-19,24-25,32-36,38-39H,3,11-15,20-23,26-29H2,1H3/t32-,33-,34-,35+,36-,38?,39?/m1/s1. The van der Waals surface area contributed by atoms with Gasteiger partial charge in [0.25, 0.3) is 0 Å². The predicted octanol–water partition coefficient (Wildman–Crippen LogP) is 7.76. The lowest BCUT2D eigenvalue weighted by Crippen LogP contribution is -2.31. The average Bonchev–Trinajstić information content (AvgIpc) is 3.44. The molecule has 3 aliphatic rings. The summed E-state index contributed by atoms with van der Waals surface area (Å²) in [6.45, 7) is 1.41. The van der Waals surface area contributed by atoms with Crippen molar-refractivity contribution in [2.45, 2.75) is 108 Å². The second-order valence-electron chi connectivity index (χ2n) is 13.0. The summed E-state index contributed by atoms with van der Waals surface area (Å²) in [5, 5.41) is 0. The molecule has 7 atom stereocenters. The third kappa shape index (κ3) is 11.4. The summed E-state index contributed by atoms with van der Waals surface area (Å²) in [5.74, 6) is -0.599. The summed E-state index contributed by atoms with van der Waals surface area (Å²) < 4.78 is 36.3. The van der Waals surface area contributed by atoms with Crippen LogP contribution < -0.4 is 0 Å². The van der Waals surface area contributed by atoms with E-state index in [1.54, 1.807) is 12.1 Å². The molecule has 0 spiro atoms. The van der Waals surface area contributed by atoms with Crippen molar-refractivity contribution < 1.29 is 38.0 Å². The average molecular weight is 661 g/mol. The van der Waals surface area contributed by atoms with Crippen LogP contribution in [0, 0.1) is 11.8 Å². The molecule has 2 unspecified atom stereocenters. The van der Waals surface area contributed by atoms with Crippen LogP contribution in [0.5, 0.6) is 0 Å². The first-order valence-corrected chi connectivity index (χ1v) is 17.8. The lowest BCUT2D eigenvalue weighted by atomic mass is 9.89. The van der Waals surface area contributed by atoms with E-state index in [0.717, 1.165) is 57.8 Å². The molecule has 0 aromatic heterocycles. The van der Waals surface area contributed by atoms with E-state index in [1.807, 2.05) is 36.4 Å². The lowest BCUT2D eigenvalue weighted by Gasteiger charge is -2.30. The maximum absolute atomic E-state index is 13.4. The molecule has 0 radical (unpaired) electrons. The number of hydrogen-bond acceptors (Lipinski definition) is 8. The maximum Gasteiger partial charge on any atom is 0.338 e. The van der Waals surface area contributed by atoms with Crippen LogP contribution in [0.3, 0.4) is 0 Å². The largest absolute Gasteiger partial charge is 0.469 e. The Hall–Kier alpha value is -3.30. The molecule has 0 amide bonds. The number of carbonyl (C=O) groups excluding carboxylic acids is 2. The number of rotatable bonds is 16. The summed E-state index contributed by atoms with van der Waals surface area (Å²) in [6.07, 6.45) is 17.3. The van der Waals surface area contributed by atoms with E-state index >= 15 is 0 Å². The Kier molecular flexibility index (Phi) is 14.7. The van der Waals surface area contributed by atoms with Gasteiger partial charge in [-0.3, -0.25) is 4.79 Å². The van der Waals surface area contributed by atoms with Crippen LogP contribution in [0.1, 0.15) is 86.6 Å². The molecule has 2 aliphatic heterocycles. The smallest absolute Gasteiger partial charge is 0.338 e. The zero-order valence-corrected chi connectivity index (χ0v) is 28.3. The number of methoxy groups -OCH3 is 1. The van der Waals surface area contributed by atoms with E-state index in [-0.39, 0.29) is 54.7 Å². The number of ether oxygens (including phenoxy) is 6. The monoisotopic (exact) mass is 660 g/mol. The van der Waals surface area contributed by atoms with Gasteiger partial charge in [0.15, 0.2) is 12.6 Å². The molecule has 2 aromatic carbocycles. The first-order chi connectivity index (χ1) is 23.6. The zero-order valence-electron chi connectivity index (χ0n) is 28.3. The molecule has 48 heavy (non-hydrogen) atoms. The minimum atomic E-state index is -0.386. The maximum atomic E-state index is 13.4. The van der Waals surface area contributed by atoms with Crippen molar-refractivity contribution >= 4 is 11.9 Å².